The van der Waals surface area contributed by atoms with Crippen molar-refractivity contribution in [3.8, 4) is 0 Å². The lowest BCUT2D eigenvalue weighted by atomic mass is 9.77. The number of nitrogens with zero attached hydrogens (tertiary/aromatic N) is 4. The third-order valence-corrected chi connectivity index (χ3v) is 7.47. The fourth-order valence-electron chi connectivity index (χ4n) is 5.35. The predicted molar refractivity (Wildman–Crippen MR) is 131 cm³/mol. The highest BCUT2D eigenvalue weighted by Crippen LogP contribution is 2.36. The second kappa shape index (κ2) is 10.5. The van der Waals surface area contributed by atoms with Gasteiger partial charge in [0.05, 0.1) is 0 Å². The van der Waals surface area contributed by atoms with Crippen molar-refractivity contribution < 1.29 is 9.59 Å². The lowest BCUT2D eigenvalue weighted by Crippen LogP contribution is -2.51. The van der Waals surface area contributed by atoms with Gasteiger partial charge in [0.15, 0.2) is 0 Å². The molecule has 3 rings (SSSR count). The van der Waals surface area contributed by atoms with Crippen LogP contribution in [-0.4, -0.2) is 69.3 Å². The monoisotopic (exact) mass is 457 g/mol. The molecule has 1 aliphatic heterocycles. The van der Waals surface area contributed by atoms with Crippen LogP contribution in [-0.2, 0) is 10.2 Å². The van der Waals surface area contributed by atoms with Gasteiger partial charge < -0.3 is 15.1 Å². The Hall–Kier alpha value is -2.02. The van der Waals surface area contributed by atoms with Crippen molar-refractivity contribution in [1.29, 1.82) is 0 Å². The molecule has 2 fully saturated rings. The van der Waals surface area contributed by atoms with Gasteiger partial charge in [0.2, 0.25) is 5.91 Å². The number of carbonyl (C=O) groups is 2. The Kier molecular flexibility index (Phi) is 8.14. The Balaban J connectivity index is 1.66. The molecule has 0 unspecified atom stereocenters. The molecule has 1 aliphatic carbocycles. The van der Waals surface area contributed by atoms with Gasteiger partial charge in [-0.1, -0.05) is 34.1 Å². The highest BCUT2D eigenvalue weighted by Gasteiger charge is 2.42. The molecule has 0 bridgehead atoms. The zero-order chi connectivity index (χ0) is 24.3. The molecule has 0 aromatic carbocycles. The first-order valence-electron chi connectivity index (χ1n) is 12.7. The van der Waals surface area contributed by atoms with Gasteiger partial charge in [0.1, 0.15) is 17.6 Å². The number of hydrogen-bond donors (Lipinski definition) is 1. The summed E-state index contributed by atoms with van der Waals surface area (Å²) in [6.45, 7) is 13.5. The first-order chi connectivity index (χ1) is 15.5. The molecule has 1 saturated heterocycles. The molecule has 0 spiro atoms. The van der Waals surface area contributed by atoms with E-state index >= 15 is 0 Å². The second-order valence-electron chi connectivity index (χ2n) is 11.2. The van der Waals surface area contributed by atoms with Crippen LogP contribution in [0.25, 0.3) is 0 Å². The molecule has 1 aromatic rings. The van der Waals surface area contributed by atoms with Gasteiger partial charge in [-0.25, -0.2) is 9.97 Å². The molecular formula is C26H43N5O2. The van der Waals surface area contributed by atoms with Crippen molar-refractivity contribution in [3.63, 3.8) is 0 Å². The maximum Gasteiger partial charge on any atom is 0.270 e. The minimum atomic E-state index is -0.469. The number of amides is 2. The summed E-state index contributed by atoms with van der Waals surface area (Å²) in [6, 6.07) is 2.54. The topological polar surface area (TPSA) is 78.4 Å². The number of hydrogen-bond acceptors (Lipinski definition) is 5. The number of carbonyl (C=O) groups excluding carboxylic acids is 2. The van der Waals surface area contributed by atoms with E-state index < -0.39 is 6.04 Å². The minimum absolute atomic E-state index is 0.0650. The summed E-state index contributed by atoms with van der Waals surface area (Å²) in [4.78, 5) is 39.5. The molecule has 0 radical (unpaired) electrons. The van der Waals surface area contributed by atoms with Crippen LogP contribution in [0.15, 0.2) is 12.3 Å². The van der Waals surface area contributed by atoms with Gasteiger partial charge in [-0.3, -0.25) is 9.59 Å². The fourth-order valence-corrected chi connectivity index (χ4v) is 5.35. The molecule has 4 atom stereocenters. The van der Waals surface area contributed by atoms with Gasteiger partial charge >= 0.3 is 0 Å². The van der Waals surface area contributed by atoms with Gasteiger partial charge in [-0.05, 0) is 65.0 Å². The van der Waals surface area contributed by atoms with Crippen LogP contribution >= 0.6 is 0 Å². The van der Waals surface area contributed by atoms with Gasteiger partial charge in [-0.2, -0.15) is 0 Å². The first kappa shape index (κ1) is 25.6. The van der Waals surface area contributed by atoms with Gasteiger partial charge in [0, 0.05) is 36.3 Å². The van der Waals surface area contributed by atoms with Crippen LogP contribution in [0.4, 0.5) is 0 Å². The average Bonchev–Trinajstić information content (AvgIpc) is 3.12. The smallest absolute Gasteiger partial charge is 0.270 e. The van der Waals surface area contributed by atoms with Crippen LogP contribution in [0.5, 0.6) is 0 Å². The second-order valence-corrected chi connectivity index (χ2v) is 11.2. The van der Waals surface area contributed by atoms with Crippen molar-refractivity contribution in [1.82, 2.24) is 25.1 Å². The van der Waals surface area contributed by atoms with Crippen LogP contribution in [0.2, 0.25) is 0 Å². The normalized spacial score (nSPS) is 26.3. The molecule has 33 heavy (non-hydrogen) atoms. The Morgan fingerprint density at radius 2 is 2.00 bits per heavy atom. The maximum absolute atomic E-state index is 13.3. The summed E-state index contributed by atoms with van der Waals surface area (Å²) < 4.78 is 0. The van der Waals surface area contributed by atoms with Crippen LogP contribution in [0, 0.1) is 5.92 Å². The quantitative estimate of drug-likeness (QED) is 0.674. The lowest BCUT2D eigenvalue weighted by molar-refractivity contribution is -0.133. The highest BCUT2D eigenvalue weighted by atomic mass is 16.2. The maximum atomic E-state index is 13.3. The number of rotatable bonds is 7. The van der Waals surface area contributed by atoms with Gasteiger partial charge in [0.25, 0.3) is 5.91 Å². The molecule has 1 aromatic heterocycles. The predicted octanol–water partition coefficient (Wildman–Crippen LogP) is 3.78. The molecule has 2 aliphatic rings. The summed E-state index contributed by atoms with van der Waals surface area (Å²) in [6.07, 6.45) is 7.86. The van der Waals surface area contributed by atoms with Crippen molar-refractivity contribution in [2.24, 2.45) is 5.92 Å². The minimum Gasteiger partial charge on any atom is -0.339 e. The van der Waals surface area contributed by atoms with E-state index in [0.29, 0.717) is 35.9 Å². The van der Waals surface area contributed by atoms with Crippen molar-refractivity contribution in [2.45, 2.75) is 110 Å². The standard InChI is InChI=1S/C26H43N5O2/c1-8-9-18-16-19(30(7)17(2)3)10-11-22(18)31-15-13-21(24(31)33)28-23(32)20-12-14-27-25(29-20)26(4,5)6/h12,14,17-19,21-22H,8-11,13,15-16H2,1-7H3,(H,28,32)/t18-,19-,21+,22+/m1/s1. The van der Waals surface area contributed by atoms with E-state index in [4.69, 9.17) is 0 Å². The van der Waals surface area contributed by atoms with Crippen molar-refractivity contribution >= 4 is 11.8 Å². The van der Waals surface area contributed by atoms with E-state index in [1.54, 1.807) is 12.3 Å². The Morgan fingerprint density at radius 3 is 2.64 bits per heavy atom. The summed E-state index contributed by atoms with van der Waals surface area (Å²) in [7, 11) is 2.23. The van der Waals surface area contributed by atoms with Gasteiger partial charge in [-0.15, -0.1) is 0 Å². The third kappa shape index (κ3) is 5.92. The molecule has 184 valence electrons. The molecule has 7 nitrogen and oxygen atoms in total. The van der Waals surface area contributed by atoms with E-state index in [2.05, 4.69) is 52.9 Å². The molecule has 1 saturated carbocycles. The largest absolute Gasteiger partial charge is 0.339 e. The lowest BCUT2D eigenvalue weighted by Gasteiger charge is -2.44. The fraction of sp³-hybridized carbons (Fsp3) is 0.769. The highest BCUT2D eigenvalue weighted by molar-refractivity contribution is 5.96. The Morgan fingerprint density at radius 1 is 1.27 bits per heavy atom. The van der Waals surface area contributed by atoms with E-state index in [1.807, 2.05) is 20.8 Å². The average molecular weight is 458 g/mol. The summed E-state index contributed by atoms with van der Waals surface area (Å²) in [5, 5.41) is 2.95. The molecular weight excluding hydrogens is 414 g/mol. The first-order valence-corrected chi connectivity index (χ1v) is 12.7. The molecule has 1 N–H and O–H groups in total. The van der Waals surface area contributed by atoms with Crippen LogP contribution < -0.4 is 5.32 Å². The molecule has 2 amide bonds. The van der Waals surface area contributed by atoms with E-state index in [0.717, 1.165) is 38.6 Å². The Bertz CT molecular complexity index is 834. The van der Waals surface area contributed by atoms with Crippen molar-refractivity contribution in [3.05, 3.63) is 23.8 Å². The zero-order valence-electron chi connectivity index (χ0n) is 21.6. The summed E-state index contributed by atoms with van der Waals surface area (Å²) in [5.74, 6) is 0.912. The number of nitrogens with one attached hydrogen (secondary N) is 1. The Labute approximate surface area is 199 Å². The van der Waals surface area contributed by atoms with Crippen molar-refractivity contribution in [2.75, 3.05) is 13.6 Å². The SMILES string of the molecule is CCC[C@@H]1C[C@H](N(C)C(C)C)CC[C@@H]1N1CC[C@H](NC(=O)c2ccnc(C(C)(C)C)n2)C1=O. The number of aromatic nitrogens is 2. The van der Waals surface area contributed by atoms with E-state index in [-0.39, 0.29) is 23.3 Å². The molecule has 7 heteroatoms. The molecule has 2 heterocycles. The van der Waals surface area contributed by atoms with E-state index in [9.17, 15) is 9.59 Å². The number of likely N-dealkylation sites (tertiary alicyclic amines) is 1. The summed E-state index contributed by atoms with van der Waals surface area (Å²) in [5.41, 5.74) is 0.0785. The van der Waals surface area contributed by atoms with Crippen LogP contribution in [0.3, 0.4) is 0 Å². The van der Waals surface area contributed by atoms with E-state index in [1.165, 1.54) is 0 Å². The zero-order valence-corrected chi connectivity index (χ0v) is 21.6. The third-order valence-electron chi connectivity index (χ3n) is 7.47. The van der Waals surface area contributed by atoms with Crippen LogP contribution in [0.1, 0.15) is 96.4 Å². The summed E-state index contributed by atoms with van der Waals surface area (Å²) >= 11 is 0.